The number of aryl methyl sites for hydroxylation is 2. The average Bonchev–Trinajstić information content (AvgIpc) is 2.80. The van der Waals surface area contributed by atoms with Crippen molar-refractivity contribution >= 4 is 11.6 Å². The van der Waals surface area contributed by atoms with E-state index in [9.17, 15) is 4.39 Å². The maximum atomic E-state index is 13.2. The number of nitrogens with one attached hydrogen (secondary N) is 1. The molecular formula is C15H19ClFN3. The number of benzene rings is 1. The lowest BCUT2D eigenvalue weighted by molar-refractivity contribution is 0.558. The Bertz CT molecular complexity index is 595. The minimum Gasteiger partial charge on any atom is -0.313 e. The van der Waals surface area contributed by atoms with Crippen LogP contribution in [0, 0.1) is 5.82 Å². The molecule has 1 aromatic carbocycles. The Morgan fingerprint density at radius 3 is 2.70 bits per heavy atom. The highest BCUT2D eigenvalue weighted by molar-refractivity contribution is 6.30. The highest BCUT2D eigenvalue weighted by atomic mass is 35.5. The highest BCUT2D eigenvalue weighted by Crippen LogP contribution is 2.23. The fourth-order valence-electron chi connectivity index (χ4n) is 2.26. The Balaban J connectivity index is 2.23. The van der Waals surface area contributed by atoms with Gasteiger partial charge in [-0.05, 0) is 37.2 Å². The number of aromatic nitrogens is 2. The van der Waals surface area contributed by atoms with Gasteiger partial charge in [-0.15, -0.1) is 0 Å². The fourth-order valence-corrected chi connectivity index (χ4v) is 2.45. The van der Waals surface area contributed by atoms with Crippen molar-refractivity contribution in [2.24, 2.45) is 7.05 Å². The molecule has 0 aliphatic carbocycles. The first kappa shape index (κ1) is 15.0. The van der Waals surface area contributed by atoms with E-state index in [4.69, 9.17) is 11.6 Å². The predicted molar refractivity (Wildman–Crippen MR) is 79.5 cm³/mol. The van der Waals surface area contributed by atoms with Crippen molar-refractivity contribution in [3.8, 4) is 0 Å². The number of halogens is 2. The molecule has 0 fully saturated rings. The minimum absolute atomic E-state index is 0.0770. The SMILES string of the molecule is CCc1cc(CC(NC)c2ccc(F)c(Cl)c2)n(C)n1. The van der Waals surface area contributed by atoms with Crippen LogP contribution in [-0.2, 0) is 19.9 Å². The first-order valence-corrected chi connectivity index (χ1v) is 7.07. The van der Waals surface area contributed by atoms with E-state index in [1.807, 2.05) is 18.8 Å². The third-order valence-corrected chi connectivity index (χ3v) is 3.79. The van der Waals surface area contributed by atoms with Crippen molar-refractivity contribution < 1.29 is 4.39 Å². The van der Waals surface area contributed by atoms with Gasteiger partial charge < -0.3 is 5.32 Å². The summed E-state index contributed by atoms with van der Waals surface area (Å²) >= 11 is 5.86. The molecule has 5 heteroatoms. The first-order chi connectivity index (χ1) is 9.55. The topological polar surface area (TPSA) is 29.9 Å². The summed E-state index contributed by atoms with van der Waals surface area (Å²) in [5.41, 5.74) is 3.19. The molecule has 2 aromatic rings. The lowest BCUT2D eigenvalue weighted by Crippen LogP contribution is -2.20. The third kappa shape index (κ3) is 3.19. The molecule has 1 atom stereocenters. The normalized spacial score (nSPS) is 12.7. The molecular weight excluding hydrogens is 277 g/mol. The average molecular weight is 296 g/mol. The standard InChI is InChI=1S/C15H19ClFN3/c1-4-11-8-12(20(3)19-11)9-15(18-2)10-5-6-14(17)13(16)7-10/h5-8,15,18H,4,9H2,1-3H3. The van der Waals surface area contributed by atoms with E-state index in [1.54, 1.807) is 12.1 Å². The van der Waals surface area contributed by atoms with Crippen LogP contribution in [0.2, 0.25) is 5.02 Å². The molecule has 20 heavy (non-hydrogen) atoms. The monoisotopic (exact) mass is 295 g/mol. The summed E-state index contributed by atoms with van der Waals surface area (Å²) in [5, 5.41) is 7.85. The smallest absolute Gasteiger partial charge is 0.141 e. The summed E-state index contributed by atoms with van der Waals surface area (Å²) in [6.07, 6.45) is 1.70. The number of rotatable bonds is 5. The number of hydrogen-bond acceptors (Lipinski definition) is 2. The van der Waals surface area contributed by atoms with E-state index >= 15 is 0 Å². The molecule has 2 rings (SSSR count). The maximum Gasteiger partial charge on any atom is 0.141 e. The van der Waals surface area contributed by atoms with Gasteiger partial charge in [0.25, 0.3) is 0 Å². The molecule has 0 radical (unpaired) electrons. The summed E-state index contributed by atoms with van der Waals surface area (Å²) < 4.78 is 15.1. The molecule has 0 spiro atoms. The predicted octanol–water partition coefficient (Wildman–Crippen LogP) is 3.28. The molecule has 0 saturated carbocycles. The van der Waals surface area contributed by atoms with Crippen LogP contribution in [-0.4, -0.2) is 16.8 Å². The van der Waals surface area contributed by atoms with Gasteiger partial charge in [0.05, 0.1) is 10.7 Å². The first-order valence-electron chi connectivity index (χ1n) is 6.69. The Kier molecular flexibility index (Phi) is 4.78. The van der Waals surface area contributed by atoms with Crippen molar-refractivity contribution in [2.75, 3.05) is 7.05 Å². The zero-order chi connectivity index (χ0) is 14.7. The van der Waals surface area contributed by atoms with Gasteiger partial charge in [0.15, 0.2) is 0 Å². The molecule has 0 aliphatic rings. The quantitative estimate of drug-likeness (QED) is 0.917. The second-order valence-electron chi connectivity index (χ2n) is 4.82. The summed E-state index contributed by atoms with van der Waals surface area (Å²) in [6.45, 7) is 2.08. The van der Waals surface area contributed by atoms with Gasteiger partial charge in [0, 0.05) is 25.2 Å². The van der Waals surface area contributed by atoms with Crippen molar-refractivity contribution in [1.82, 2.24) is 15.1 Å². The molecule has 1 aromatic heterocycles. The van der Waals surface area contributed by atoms with E-state index in [1.165, 1.54) is 6.07 Å². The minimum atomic E-state index is -0.390. The second kappa shape index (κ2) is 6.37. The molecule has 1 heterocycles. The Labute approximate surface area is 123 Å². The third-order valence-electron chi connectivity index (χ3n) is 3.50. The van der Waals surface area contributed by atoms with E-state index < -0.39 is 0 Å². The summed E-state index contributed by atoms with van der Waals surface area (Å²) in [4.78, 5) is 0. The maximum absolute atomic E-state index is 13.2. The number of likely N-dealkylation sites (N-methyl/N-ethyl adjacent to an activating group) is 1. The Hall–Kier alpha value is -1.39. The van der Waals surface area contributed by atoms with Gasteiger partial charge >= 0.3 is 0 Å². The lowest BCUT2D eigenvalue weighted by Gasteiger charge is -2.17. The van der Waals surface area contributed by atoms with Gasteiger partial charge in [0.2, 0.25) is 0 Å². The molecule has 0 amide bonds. The van der Waals surface area contributed by atoms with Crippen LogP contribution in [0.1, 0.15) is 29.9 Å². The highest BCUT2D eigenvalue weighted by Gasteiger charge is 2.15. The summed E-state index contributed by atoms with van der Waals surface area (Å²) in [5.74, 6) is -0.390. The van der Waals surface area contributed by atoms with Gasteiger partial charge in [-0.3, -0.25) is 4.68 Å². The van der Waals surface area contributed by atoms with Crippen molar-refractivity contribution in [3.63, 3.8) is 0 Å². The molecule has 0 aliphatic heterocycles. The molecule has 1 N–H and O–H groups in total. The van der Waals surface area contributed by atoms with Gasteiger partial charge in [-0.2, -0.15) is 5.10 Å². The molecule has 1 unspecified atom stereocenters. The fraction of sp³-hybridized carbons (Fsp3) is 0.400. The van der Waals surface area contributed by atoms with E-state index in [-0.39, 0.29) is 16.9 Å². The van der Waals surface area contributed by atoms with Gasteiger partial charge in [0.1, 0.15) is 5.82 Å². The van der Waals surface area contributed by atoms with Crippen molar-refractivity contribution in [2.45, 2.75) is 25.8 Å². The van der Waals surface area contributed by atoms with Crippen LogP contribution in [0.3, 0.4) is 0 Å². The van der Waals surface area contributed by atoms with Crippen LogP contribution in [0.5, 0.6) is 0 Å². The number of hydrogen-bond donors (Lipinski definition) is 1. The van der Waals surface area contributed by atoms with E-state index in [0.29, 0.717) is 0 Å². The molecule has 0 bridgehead atoms. The van der Waals surface area contributed by atoms with Gasteiger partial charge in [-0.25, -0.2) is 4.39 Å². The zero-order valence-corrected chi connectivity index (χ0v) is 12.7. The molecule has 0 saturated heterocycles. The summed E-state index contributed by atoms with van der Waals surface area (Å²) in [6, 6.07) is 7.03. The Morgan fingerprint density at radius 1 is 1.40 bits per heavy atom. The number of nitrogens with zero attached hydrogens (tertiary/aromatic N) is 2. The summed E-state index contributed by atoms with van der Waals surface area (Å²) in [7, 11) is 3.83. The van der Waals surface area contributed by atoms with Crippen LogP contribution >= 0.6 is 11.6 Å². The Morgan fingerprint density at radius 2 is 2.15 bits per heavy atom. The van der Waals surface area contributed by atoms with Crippen LogP contribution in [0.15, 0.2) is 24.3 Å². The van der Waals surface area contributed by atoms with Crippen LogP contribution < -0.4 is 5.32 Å². The van der Waals surface area contributed by atoms with E-state index in [0.717, 1.165) is 29.8 Å². The largest absolute Gasteiger partial charge is 0.313 e. The van der Waals surface area contributed by atoms with Gasteiger partial charge in [-0.1, -0.05) is 24.6 Å². The van der Waals surface area contributed by atoms with Crippen LogP contribution in [0.25, 0.3) is 0 Å². The lowest BCUT2D eigenvalue weighted by atomic mass is 10.0. The van der Waals surface area contributed by atoms with Crippen molar-refractivity contribution in [1.29, 1.82) is 0 Å². The second-order valence-corrected chi connectivity index (χ2v) is 5.23. The van der Waals surface area contributed by atoms with Crippen molar-refractivity contribution in [3.05, 3.63) is 52.1 Å². The molecule has 3 nitrogen and oxygen atoms in total. The van der Waals surface area contributed by atoms with E-state index in [2.05, 4.69) is 23.4 Å². The zero-order valence-electron chi connectivity index (χ0n) is 12.0. The molecule has 108 valence electrons. The van der Waals surface area contributed by atoms with Crippen LogP contribution in [0.4, 0.5) is 4.39 Å².